The summed E-state index contributed by atoms with van der Waals surface area (Å²) in [7, 11) is 0. The quantitative estimate of drug-likeness (QED) is 0.563. The van der Waals surface area contributed by atoms with Gasteiger partial charge in [-0.05, 0) is 68.0 Å². The zero-order chi connectivity index (χ0) is 15.2. The molecule has 4 nitrogen and oxygen atoms in total. The lowest BCUT2D eigenvalue weighted by atomic mass is 10.2. The molecule has 20 heavy (non-hydrogen) atoms. The van der Waals surface area contributed by atoms with Gasteiger partial charge in [0, 0.05) is 16.7 Å². The van der Waals surface area contributed by atoms with Crippen molar-refractivity contribution in [3.63, 3.8) is 0 Å². The smallest absolute Gasteiger partial charge is 0.407 e. The van der Waals surface area contributed by atoms with Crippen molar-refractivity contribution in [2.24, 2.45) is 0 Å². The fourth-order valence-electron chi connectivity index (χ4n) is 1.45. The Kier molecular flexibility index (Phi) is 6.88. The van der Waals surface area contributed by atoms with E-state index < -0.39 is 5.60 Å². The Balaban J connectivity index is 2.21. The summed E-state index contributed by atoms with van der Waals surface area (Å²) >= 11 is 8.33. The molecule has 1 amide bonds. The molecule has 0 saturated carbocycles. The highest BCUT2D eigenvalue weighted by Gasteiger charge is 2.15. The first-order chi connectivity index (χ1) is 9.28. The summed E-state index contributed by atoms with van der Waals surface area (Å²) in [6, 6.07) is 5.85. The first-order valence-corrected chi connectivity index (χ1v) is 7.89. The van der Waals surface area contributed by atoms with Gasteiger partial charge in [0.15, 0.2) is 0 Å². The monoisotopic (exact) mass is 410 g/mol. The minimum absolute atomic E-state index is 0.384. The number of rotatable bonds is 5. The Labute approximate surface area is 138 Å². The number of ether oxygens (including phenoxy) is 1. The molecule has 0 radical (unpaired) electrons. The van der Waals surface area contributed by atoms with Crippen molar-refractivity contribution in [3.05, 3.63) is 26.8 Å². The zero-order valence-electron chi connectivity index (χ0n) is 11.9. The number of carbonyl (C=O) groups is 1. The average Bonchev–Trinajstić information content (AvgIpc) is 2.28. The van der Waals surface area contributed by atoms with Gasteiger partial charge in [-0.1, -0.05) is 11.6 Å². The topological polar surface area (TPSA) is 50.4 Å². The SMILES string of the molecule is CC(C)(C)OC(=O)NCCCNc1ccc(I)cc1Cl. The van der Waals surface area contributed by atoms with Gasteiger partial charge in [0.05, 0.1) is 10.7 Å². The van der Waals surface area contributed by atoms with Crippen LogP contribution in [0.4, 0.5) is 10.5 Å². The molecule has 0 saturated heterocycles. The molecular weight excluding hydrogens is 391 g/mol. The van der Waals surface area contributed by atoms with E-state index in [1.807, 2.05) is 39.0 Å². The molecule has 0 fully saturated rings. The van der Waals surface area contributed by atoms with E-state index in [4.69, 9.17) is 16.3 Å². The van der Waals surface area contributed by atoms with Crippen LogP contribution in [0.5, 0.6) is 0 Å². The maximum absolute atomic E-state index is 11.4. The van der Waals surface area contributed by atoms with Gasteiger partial charge in [0.1, 0.15) is 5.60 Å². The summed E-state index contributed by atoms with van der Waals surface area (Å²) < 4.78 is 6.24. The summed E-state index contributed by atoms with van der Waals surface area (Å²) in [5, 5.41) is 6.65. The van der Waals surface area contributed by atoms with E-state index in [-0.39, 0.29) is 6.09 Å². The molecule has 0 aliphatic heterocycles. The van der Waals surface area contributed by atoms with Crippen LogP contribution >= 0.6 is 34.2 Å². The van der Waals surface area contributed by atoms with Crippen molar-refractivity contribution in [3.8, 4) is 0 Å². The lowest BCUT2D eigenvalue weighted by molar-refractivity contribution is 0.0528. The van der Waals surface area contributed by atoms with Crippen molar-refractivity contribution in [2.75, 3.05) is 18.4 Å². The second kappa shape index (κ2) is 7.93. The summed E-state index contributed by atoms with van der Waals surface area (Å²) in [6.07, 6.45) is 0.409. The molecule has 0 aliphatic carbocycles. The number of carbonyl (C=O) groups excluding carboxylic acids is 1. The van der Waals surface area contributed by atoms with Crippen LogP contribution in [-0.4, -0.2) is 24.8 Å². The number of benzene rings is 1. The molecule has 0 spiro atoms. The Morgan fingerprint density at radius 3 is 2.65 bits per heavy atom. The Hall–Kier alpha value is -0.690. The summed E-state index contributed by atoms with van der Waals surface area (Å²) in [5.41, 5.74) is 0.446. The normalized spacial score (nSPS) is 11.1. The molecule has 0 unspecified atom stereocenters. The number of amides is 1. The largest absolute Gasteiger partial charge is 0.444 e. The lowest BCUT2D eigenvalue weighted by Gasteiger charge is -2.19. The van der Waals surface area contributed by atoms with Crippen LogP contribution in [-0.2, 0) is 4.74 Å². The number of hydrogen-bond acceptors (Lipinski definition) is 3. The van der Waals surface area contributed by atoms with E-state index in [1.54, 1.807) is 0 Å². The summed E-state index contributed by atoms with van der Waals surface area (Å²) in [4.78, 5) is 11.4. The zero-order valence-corrected chi connectivity index (χ0v) is 14.8. The third kappa shape index (κ3) is 7.19. The number of anilines is 1. The molecule has 0 atom stereocenters. The van der Waals surface area contributed by atoms with Gasteiger partial charge in [-0.2, -0.15) is 0 Å². The highest BCUT2D eigenvalue weighted by Crippen LogP contribution is 2.23. The van der Waals surface area contributed by atoms with Crippen LogP contribution in [0.3, 0.4) is 0 Å². The molecule has 1 rings (SSSR count). The van der Waals surface area contributed by atoms with Gasteiger partial charge < -0.3 is 15.4 Å². The molecule has 0 bridgehead atoms. The lowest BCUT2D eigenvalue weighted by Crippen LogP contribution is -2.33. The van der Waals surface area contributed by atoms with Crippen molar-refractivity contribution in [1.82, 2.24) is 5.32 Å². The average molecular weight is 411 g/mol. The van der Waals surface area contributed by atoms with E-state index in [0.29, 0.717) is 11.6 Å². The summed E-state index contributed by atoms with van der Waals surface area (Å²) in [5.74, 6) is 0. The van der Waals surface area contributed by atoms with Gasteiger partial charge >= 0.3 is 6.09 Å². The molecule has 1 aromatic rings. The van der Waals surface area contributed by atoms with Crippen LogP contribution in [0.25, 0.3) is 0 Å². The predicted octanol–water partition coefficient (Wildman–Crippen LogP) is 4.27. The number of nitrogens with one attached hydrogen (secondary N) is 2. The molecular formula is C14H20ClIN2O2. The van der Waals surface area contributed by atoms with Gasteiger partial charge in [-0.3, -0.25) is 0 Å². The third-order valence-electron chi connectivity index (χ3n) is 2.27. The molecule has 0 heterocycles. The van der Waals surface area contributed by atoms with Gasteiger partial charge in [-0.25, -0.2) is 4.79 Å². The Morgan fingerprint density at radius 2 is 2.05 bits per heavy atom. The molecule has 1 aromatic carbocycles. The van der Waals surface area contributed by atoms with Crippen LogP contribution in [0.2, 0.25) is 5.02 Å². The first kappa shape index (κ1) is 17.4. The molecule has 6 heteroatoms. The van der Waals surface area contributed by atoms with Gasteiger partial charge in [0.25, 0.3) is 0 Å². The predicted molar refractivity (Wildman–Crippen MR) is 91.5 cm³/mol. The van der Waals surface area contributed by atoms with Crippen LogP contribution < -0.4 is 10.6 Å². The molecule has 2 N–H and O–H groups in total. The fourth-order valence-corrected chi connectivity index (χ4v) is 2.37. The summed E-state index contributed by atoms with van der Waals surface area (Å²) in [6.45, 7) is 6.81. The minimum atomic E-state index is -0.461. The van der Waals surface area contributed by atoms with Crippen LogP contribution in [0.15, 0.2) is 18.2 Å². The number of alkyl carbamates (subject to hydrolysis) is 1. The highest BCUT2D eigenvalue weighted by atomic mass is 127. The maximum Gasteiger partial charge on any atom is 0.407 e. The fraction of sp³-hybridized carbons (Fsp3) is 0.500. The maximum atomic E-state index is 11.4. The Bertz CT molecular complexity index is 461. The highest BCUT2D eigenvalue weighted by molar-refractivity contribution is 14.1. The second-order valence-corrected chi connectivity index (χ2v) is 6.99. The first-order valence-electron chi connectivity index (χ1n) is 6.44. The third-order valence-corrected chi connectivity index (χ3v) is 3.25. The molecule has 0 aliphatic rings. The van der Waals surface area contributed by atoms with Crippen molar-refractivity contribution < 1.29 is 9.53 Å². The standard InChI is InChI=1S/C14H20ClIN2O2/c1-14(2,3)20-13(19)18-8-4-7-17-12-6-5-10(16)9-11(12)15/h5-6,9,17H,4,7-8H2,1-3H3,(H,18,19). The van der Waals surface area contributed by atoms with Crippen molar-refractivity contribution in [2.45, 2.75) is 32.8 Å². The van der Waals surface area contributed by atoms with E-state index in [1.165, 1.54) is 0 Å². The van der Waals surface area contributed by atoms with Crippen LogP contribution in [0, 0.1) is 3.57 Å². The van der Waals surface area contributed by atoms with E-state index in [9.17, 15) is 4.79 Å². The van der Waals surface area contributed by atoms with E-state index in [2.05, 4.69) is 33.2 Å². The van der Waals surface area contributed by atoms with E-state index in [0.717, 1.165) is 22.2 Å². The molecule has 0 aromatic heterocycles. The van der Waals surface area contributed by atoms with Gasteiger partial charge in [0.2, 0.25) is 0 Å². The minimum Gasteiger partial charge on any atom is -0.444 e. The van der Waals surface area contributed by atoms with Crippen molar-refractivity contribution in [1.29, 1.82) is 0 Å². The number of halogens is 2. The Morgan fingerprint density at radius 1 is 1.35 bits per heavy atom. The van der Waals surface area contributed by atoms with Gasteiger partial charge in [-0.15, -0.1) is 0 Å². The van der Waals surface area contributed by atoms with Crippen LogP contribution in [0.1, 0.15) is 27.2 Å². The second-order valence-electron chi connectivity index (χ2n) is 5.33. The van der Waals surface area contributed by atoms with E-state index >= 15 is 0 Å². The molecule has 112 valence electrons. The van der Waals surface area contributed by atoms with Crippen molar-refractivity contribution >= 4 is 46.0 Å². The number of hydrogen-bond donors (Lipinski definition) is 2.